The zero-order valence-corrected chi connectivity index (χ0v) is 9.98. The summed E-state index contributed by atoms with van der Waals surface area (Å²) in [5.41, 5.74) is 1.19. The maximum atomic E-state index is 11.0. The van der Waals surface area contributed by atoms with Crippen molar-refractivity contribution < 1.29 is 14.4 Å². The highest BCUT2D eigenvalue weighted by Crippen LogP contribution is 2.26. The summed E-state index contributed by atoms with van der Waals surface area (Å²) in [6.07, 6.45) is 0. The van der Waals surface area contributed by atoms with Crippen molar-refractivity contribution in [2.75, 3.05) is 0 Å². The SMILES string of the molecule is Cc1onc(-c2ccc(Br)cc2)c1C(=O)O. The van der Waals surface area contributed by atoms with E-state index in [1.165, 1.54) is 0 Å². The van der Waals surface area contributed by atoms with Gasteiger partial charge in [0.15, 0.2) is 0 Å². The minimum atomic E-state index is -1.03. The number of benzene rings is 1. The predicted octanol–water partition coefficient (Wildman–Crippen LogP) is 3.11. The van der Waals surface area contributed by atoms with E-state index in [2.05, 4.69) is 21.1 Å². The van der Waals surface area contributed by atoms with Gasteiger partial charge in [0.2, 0.25) is 0 Å². The molecule has 0 atom stereocenters. The first-order valence-electron chi connectivity index (χ1n) is 4.55. The fourth-order valence-corrected chi connectivity index (χ4v) is 1.69. The largest absolute Gasteiger partial charge is 0.477 e. The molecular weight excluding hydrogens is 274 g/mol. The summed E-state index contributed by atoms with van der Waals surface area (Å²) in [5.74, 6) is -0.720. The Hall–Kier alpha value is -1.62. The summed E-state index contributed by atoms with van der Waals surface area (Å²) in [6, 6.07) is 7.22. The van der Waals surface area contributed by atoms with Crippen molar-refractivity contribution in [1.82, 2.24) is 5.16 Å². The second-order valence-corrected chi connectivity index (χ2v) is 4.19. The van der Waals surface area contributed by atoms with Crippen molar-refractivity contribution in [3.63, 3.8) is 0 Å². The number of nitrogens with zero attached hydrogens (tertiary/aromatic N) is 1. The van der Waals surface area contributed by atoms with Crippen LogP contribution in [0, 0.1) is 6.92 Å². The number of rotatable bonds is 2. The van der Waals surface area contributed by atoms with Crippen LogP contribution in [0.4, 0.5) is 0 Å². The molecule has 0 saturated heterocycles. The maximum Gasteiger partial charge on any atom is 0.341 e. The summed E-state index contributed by atoms with van der Waals surface area (Å²) >= 11 is 3.31. The zero-order valence-electron chi connectivity index (χ0n) is 8.40. The molecule has 0 spiro atoms. The first-order chi connectivity index (χ1) is 7.59. The molecule has 1 N–H and O–H groups in total. The van der Waals surface area contributed by atoms with E-state index in [9.17, 15) is 4.79 Å². The van der Waals surface area contributed by atoms with Crippen LogP contribution < -0.4 is 0 Å². The molecule has 2 aromatic rings. The van der Waals surface area contributed by atoms with Crippen molar-refractivity contribution in [3.8, 4) is 11.3 Å². The summed E-state index contributed by atoms with van der Waals surface area (Å²) in [4.78, 5) is 11.0. The maximum absolute atomic E-state index is 11.0. The predicted molar refractivity (Wildman–Crippen MR) is 61.3 cm³/mol. The van der Waals surface area contributed by atoms with Gasteiger partial charge in [-0.05, 0) is 19.1 Å². The van der Waals surface area contributed by atoms with Crippen molar-refractivity contribution in [2.24, 2.45) is 0 Å². The highest BCUT2D eigenvalue weighted by Gasteiger charge is 2.20. The number of hydrogen-bond donors (Lipinski definition) is 1. The van der Waals surface area contributed by atoms with E-state index in [1.807, 2.05) is 12.1 Å². The van der Waals surface area contributed by atoms with E-state index in [4.69, 9.17) is 9.63 Å². The van der Waals surface area contributed by atoms with Crippen LogP contribution in [0.1, 0.15) is 16.1 Å². The molecule has 1 aromatic heterocycles. The van der Waals surface area contributed by atoms with E-state index < -0.39 is 5.97 Å². The molecule has 16 heavy (non-hydrogen) atoms. The Morgan fingerprint density at radius 2 is 2.00 bits per heavy atom. The highest BCUT2D eigenvalue weighted by molar-refractivity contribution is 9.10. The third-order valence-corrected chi connectivity index (χ3v) is 2.72. The molecule has 0 saturated carbocycles. The summed E-state index contributed by atoms with van der Waals surface area (Å²) in [5, 5.41) is 12.8. The van der Waals surface area contributed by atoms with Crippen LogP contribution in [0.2, 0.25) is 0 Å². The third kappa shape index (κ3) is 1.86. The lowest BCUT2D eigenvalue weighted by Crippen LogP contribution is -1.99. The average Bonchev–Trinajstić information content (AvgIpc) is 2.61. The van der Waals surface area contributed by atoms with Gasteiger partial charge in [-0.3, -0.25) is 0 Å². The lowest BCUT2D eigenvalue weighted by molar-refractivity contribution is 0.0696. The minimum Gasteiger partial charge on any atom is -0.477 e. The summed E-state index contributed by atoms with van der Waals surface area (Å²) < 4.78 is 5.82. The molecule has 0 radical (unpaired) electrons. The van der Waals surface area contributed by atoms with Crippen LogP contribution in [0.25, 0.3) is 11.3 Å². The second kappa shape index (κ2) is 4.09. The molecular formula is C11H8BrNO3. The Morgan fingerprint density at radius 1 is 1.38 bits per heavy atom. The molecule has 4 nitrogen and oxygen atoms in total. The Balaban J connectivity index is 2.56. The van der Waals surface area contributed by atoms with Crippen LogP contribution >= 0.6 is 15.9 Å². The number of aromatic carboxylic acids is 1. The van der Waals surface area contributed by atoms with Gasteiger partial charge in [0, 0.05) is 10.0 Å². The standard InChI is InChI=1S/C11H8BrNO3/c1-6-9(11(14)15)10(13-16-6)7-2-4-8(12)5-3-7/h2-5H,1H3,(H,14,15). The number of aryl methyl sites for hydroxylation is 1. The zero-order chi connectivity index (χ0) is 11.7. The topological polar surface area (TPSA) is 63.3 Å². The number of halogens is 1. The molecule has 0 aliphatic heterocycles. The van der Waals surface area contributed by atoms with Crippen LogP contribution in [0.5, 0.6) is 0 Å². The van der Waals surface area contributed by atoms with Gasteiger partial charge in [0.25, 0.3) is 0 Å². The van der Waals surface area contributed by atoms with Crippen molar-refractivity contribution >= 4 is 21.9 Å². The van der Waals surface area contributed by atoms with Gasteiger partial charge in [-0.15, -0.1) is 0 Å². The average molecular weight is 282 g/mol. The minimum absolute atomic E-state index is 0.113. The number of carbonyl (C=O) groups is 1. The van der Waals surface area contributed by atoms with Gasteiger partial charge in [-0.1, -0.05) is 33.2 Å². The molecule has 5 heteroatoms. The summed E-state index contributed by atoms with van der Waals surface area (Å²) in [7, 11) is 0. The van der Waals surface area contributed by atoms with E-state index in [0.29, 0.717) is 11.5 Å². The van der Waals surface area contributed by atoms with Crippen molar-refractivity contribution in [2.45, 2.75) is 6.92 Å². The number of hydrogen-bond acceptors (Lipinski definition) is 3. The first kappa shape index (κ1) is 10.9. The fraction of sp³-hybridized carbons (Fsp3) is 0.0909. The van der Waals surface area contributed by atoms with Crippen LogP contribution in [-0.2, 0) is 0 Å². The van der Waals surface area contributed by atoms with Crippen molar-refractivity contribution in [1.29, 1.82) is 0 Å². The van der Waals surface area contributed by atoms with Crippen LogP contribution in [-0.4, -0.2) is 16.2 Å². The first-order valence-corrected chi connectivity index (χ1v) is 5.34. The highest BCUT2D eigenvalue weighted by atomic mass is 79.9. The molecule has 0 unspecified atom stereocenters. The van der Waals surface area contributed by atoms with Crippen molar-refractivity contribution in [3.05, 3.63) is 40.1 Å². The molecule has 0 amide bonds. The second-order valence-electron chi connectivity index (χ2n) is 3.27. The Labute approximate surface area is 100 Å². The number of carboxylic acid groups (broad SMARTS) is 1. The van der Waals surface area contributed by atoms with Gasteiger partial charge in [-0.25, -0.2) is 4.79 Å². The van der Waals surface area contributed by atoms with Gasteiger partial charge in [-0.2, -0.15) is 0 Å². The van der Waals surface area contributed by atoms with E-state index in [-0.39, 0.29) is 5.56 Å². The van der Waals surface area contributed by atoms with Gasteiger partial charge < -0.3 is 9.63 Å². The van der Waals surface area contributed by atoms with Gasteiger partial charge in [0.05, 0.1) is 0 Å². The monoisotopic (exact) mass is 281 g/mol. The van der Waals surface area contributed by atoms with E-state index in [0.717, 1.165) is 10.0 Å². The van der Waals surface area contributed by atoms with Gasteiger partial charge in [0.1, 0.15) is 17.0 Å². The Morgan fingerprint density at radius 3 is 2.56 bits per heavy atom. The molecule has 1 aromatic carbocycles. The Kier molecular flexibility index (Phi) is 2.78. The van der Waals surface area contributed by atoms with Gasteiger partial charge >= 0.3 is 5.97 Å². The summed E-state index contributed by atoms with van der Waals surface area (Å²) in [6.45, 7) is 1.58. The molecule has 2 rings (SSSR count). The number of carboxylic acids is 1. The lowest BCUT2D eigenvalue weighted by atomic mass is 10.1. The molecule has 0 fully saturated rings. The smallest absolute Gasteiger partial charge is 0.341 e. The normalized spacial score (nSPS) is 10.4. The molecule has 0 aliphatic rings. The van der Waals surface area contributed by atoms with Crippen LogP contribution in [0.15, 0.2) is 33.3 Å². The fourth-order valence-electron chi connectivity index (χ4n) is 1.43. The Bertz CT molecular complexity index is 531. The molecule has 0 aliphatic carbocycles. The molecule has 1 heterocycles. The third-order valence-electron chi connectivity index (χ3n) is 2.19. The molecule has 0 bridgehead atoms. The van der Waals surface area contributed by atoms with Crippen LogP contribution in [0.3, 0.4) is 0 Å². The molecule has 82 valence electrons. The number of aromatic nitrogens is 1. The van der Waals surface area contributed by atoms with E-state index >= 15 is 0 Å². The van der Waals surface area contributed by atoms with E-state index in [1.54, 1.807) is 19.1 Å². The lowest BCUT2D eigenvalue weighted by Gasteiger charge is -1.98. The quantitative estimate of drug-likeness (QED) is 0.919.